The SMILES string of the molecule is Cc1ccc2c(c1NCc1cnc(Cl)s1)CNC2=O. The van der Waals surface area contributed by atoms with Gasteiger partial charge in [-0.15, -0.1) is 11.3 Å². The molecule has 1 aromatic carbocycles. The largest absolute Gasteiger partial charge is 0.380 e. The molecule has 2 heterocycles. The Morgan fingerprint density at radius 1 is 1.53 bits per heavy atom. The zero-order valence-corrected chi connectivity index (χ0v) is 11.9. The summed E-state index contributed by atoms with van der Waals surface area (Å²) in [5.74, 6) is -0.00103. The predicted octanol–water partition coefficient (Wildman–Crippen LogP) is 2.96. The van der Waals surface area contributed by atoms with Crippen molar-refractivity contribution in [2.24, 2.45) is 0 Å². The molecule has 1 amide bonds. The van der Waals surface area contributed by atoms with Gasteiger partial charge in [-0.05, 0) is 18.6 Å². The standard InChI is InChI=1S/C13H12ClN3OS/c1-7-2-3-9-10(6-16-12(9)18)11(7)15-4-8-5-17-13(14)19-8/h2-3,5,15H,4,6H2,1H3,(H,16,18). The normalized spacial score (nSPS) is 13.3. The third-order valence-corrected chi connectivity index (χ3v) is 4.27. The first-order valence-corrected chi connectivity index (χ1v) is 7.09. The van der Waals surface area contributed by atoms with Crippen LogP contribution < -0.4 is 10.6 Å². The summed E-state index contributed by atoms with van der Waals surface area (Å²) in [4.78, 5) is 16.7. The van der Waals surface area contributed by atoms with E-state index in [2.05, 4.69) is 15.6 Å². The first kappa shape index (κ1) is 12.4. The molecule has 0 saturated heterocycles. The van der Waals surface area contributed by atoms with Crippen molar-refractivity contribution in [2.75, 3.05) is 5.32 Å². The molecule has 0 spiro atoms. The molecule has 0 radical (unpaired) electrons. The molecule has 1 aliphatic heterocycles. The van der Waals surface area contributed by atoms with E-state index < -0.39 is 0 Å². The zero-order valence-electron chi connectivity index (χ0n) is 10.3. The predicted molar refractivity (Wildman–Crippen MR) is 76.8 cm³/mol. The number of carbonyl (C=O) groups excluding carboxylic acids is 1. The number of nitrogens with zero attached hydrogens (tertiary/aromatic N) is 1. The van der Waals surface area contributed by atoms with E-state index in [0.717, 1.165) is 27.3 Å². The first-order chi connectivity index (χ1) is 9.15. The van der Waals surface area contributed by atoms with Crippen LogP contribution in [0.5, 0.6) is 0 Å². The van der Waals surface area contributed by atoms with Crippen LogP contribution in [0.1, 0.15) is 26.4 Å². The van der Waals surface area contributed by atoms with Crippen LogP contribution in [0.4, 0.5) is 5.69 Å². The van der Waals surface area contributed by atoms with E-state index in [1.165, 1.54) is 11.3 Å². The third kappa shape index (κ3) is 2.31. The quantitative estimate of drug-likeness (QED) is 0.915. The number of amides is 1. The molecule has 0 fully saturated rings. The van der Waals surface area contributed by atoms with Crippen LogP contribution in [0.25, 0.3) is 0 Å². The Kier molecular flexibility index (Phi) is 3.16. The first-order valence-electron chi connectivity index (χ1n) is 5.90. The molecule has 0 saturated carbocycles. The van der Waals surface area contributed by atoms with Crippen LogP contribution in [-0.2, 0) is 13.1 Å². The van der Waals surface area contributed by atoms with Crippen molar-refractivity contribution in [3.05, 3.63) is 44.4 Å². The number of aryl methyl sites for hydroxylation is 1. The third-order valence-electron chi connectivity index (χ3n) is 3.16. The minimum atomic E-state index is -0.00103. The molecule has 0 aliphatic carbocycles. The number of halogens is 1. The Balaban J connectivity index is 1.87. The van der Waals surface area contributed by atoms with Crippen LogP contribution in [0, 0.1) is 6.92 Å². The highest BCUT2D eigenvalue weighted by molar-refractivity contribution is 7.15. The lowest BCUT2D eigenvalue weighted by Crippen LogP contribution is -2.12. The highest BCUT2D eigenvalue weighted by Crippen LogP contribution is 2.29. The molecule has 3 rings (SSSR count). The molecular weight excluding hydrogens is 282 g/mol. The molecular formula is C13H12ClN3OS. The number of anilines is 1. The van der Waals surface area contributed by atoms with Gasteiger partial charge in [0.25, 0.3) is 5.91 Å². The van der Waals surface area contributed by atoms with Crippen LogP contribution in [0.2, 0.25) is 4.47 Å². The summed E-state index contributed by atoms with van der Waals surface area (Å²) < 4.78 is 0.545. The lowest BCUT2D eigenvalue weighted by atomic mass is 10.0. The monoisotopic (exact) mass is 293 g/mol. The molecule has 0 bridgehead atoms. The van der Waals surface area contributed by atoms with Gasteiger partial charge in [-0.2, -0.15) is 0 Å². The van der Waals surface area contributed by atoms with Crippen molar-refractivity contribution < 1.29 is 4.79 Å². The summed E-state index contributed by atoms with van der Waals surface area (Å²) in [5.41, 5.74) is 3.96. The Morgan fingerprint density at radius 3 is 3.11 bits per heavy atom. The maximum Gasteiger partial charge on any atom is 0.251 e. The fraction of sp³-hybridized carbons (Fsp3) is 0.231. The van der Waals surface area contributed by atoms with E-state index in [0.29, 0.717) is 17.6 Å². The minimum absolute atomic E-state index is 0.00103. The van der Waals surface area contributed by atoms with Crippen molar-refractivity contribution in [2.45, 2.75) is 20.0 Å². The Bertz CT molecular complexity index is 653. The lowest BCUT2D eigenvalue weighted by Gasteiger charge is -2.12. The van der Waals surface area contributed by atoms with E-state index in [4.69, 9.17) is 11.6 Å². The maximum atomic E-state index is 11.6. The van der Waals surface area contributed by atoms with Crippen molar-refractivity contribution in [3.63, 3.8) is 0 Å². The van der Waals surface area contributed by atoms with Crippen LogP contribution in [0.15, 0.2) is 18.3 Å². The van der Waals surface area contributed by atoms with E-state index in [1.54, 1.807) is 6.20 Å². The minimum Gasteiger partial charge on any atom is -0.380 e. The Morgan fingerprint density at radius 2 is 2.37 bits per heavy atom. The molecule has 0 unspecified atom stereocenters. The summed E-state index contributed by atoms with van der Waals surface area (Å²) in [7, 11) is 0. The van der Waals surface area contributed by atoms with E-state index in [1.807, 2.05) is 19.1 Å². The second kappa shape index (κ2) is 4.83. The number of hydrogen-bond acceptors (Lipinski definition) is 4. The molecule has 1 aromatic heterocycles. The number of carbonyl (C=O) groups is 1. The highest BCUT2D eigenvalue weighted by atomic mass is 35.5. The van der Waals surface area contributed by atoms with E-state index in [9.17, 15) is 4.79 Å². The molecule has 4 nitrogen and oxygen atoms in total. The molecule has 19 heavy (non-hydrogen) atoms. The van der Waals surface area contributed by atoms with Gasteiger partial charge in [-0.1, -0.05) is 17.7 Å². The molecule has 1 aliphatic rings. The van der Waals surface area contributed by atoms with E-state index in [-0.39, 0.29) is 5.91 Å². The zero-order chi connectivity index (χ0) is 13.4. The van der Waals surface area contributed by atoms with Crippen molar-refractivity contribution in [1.82, 2.24) is 10.3 Å². The lowest BCUT2D eigenvalue weighted by molar-refractivity contribution is 0.0966. The smallest absolute Gasteiger partial charge is 0.251 e. The molecule has 2 aromatic rings. The van der Waals surface area contributed by atoms with Gasteiger partial charge in [0.2, 0.25) is 0 Å². The molecule has 6 heteroatoms. The van der Waals surface area contributed by atoms with Gasteiger partial charge in [0.1, 0.15) is 0 Å². The number of fused-ring (bicyclic) bond motifs is 1. The van der Waals surface area contributed by atoms with Crippen LogP contribution >= 0.6 is 22.9 Å². The van der Waals surface area contributed by atoms with Crippen LogP contribution in [-0.4, -0.2) is 10.9 Å². The second-order valence-corrected chi connectivity index (χ2v) is 6.10. The summed E-state index contributed by atoms with van der Waals surface area (Å²) in [6, 6.07) is 3.84. The fourth-order valence-electron chi connectivity index (χ4n) is 2.21. The van der Waals surface area contributed by atoms with Gasteiger partial charge in [-0.25, -0.2) is 4.98 Å². The average molecular weight is 294 g/mol. The van der Waals surface area contributed by atoms with Gasteiger partial charge >= 0.3 is 0 Å². The molecule has 98 valence electrons. The number of benzene rings is 1. The maximum absolute atomic E-state index is 11.6. The van der Waals surface area contributed by atoms with Crippen molar-refractivity contribution in [3.8, 4) is 0 Å². The highest BCUT2D eigenvalue weighted by Gasteiger charge is 2.22. The number of rotatable bonds is 3. The van der Waals surface area contributed by atoms with Gasteiger partial charge in [0.15, 0.2) is 4.47 Å². The number of hydrogen-bond donors (Lipinski definition) is 2. The van der Waals surface area contributed by atoms with Crippen LogP contribution in [0.3, 0.4) is 0 Å². The summed E-state index contributed by atoms with van der Waals surface area (Å²) in [6.45, 7) is 3.28. The van der Waals surface area contributed by atoms with Crippen molar-refractivity contribution >= 4 is 34.5 Å². The van der Waals surface area contributed by atoms with Gasteiger partial charge in [0.05, 0.1) is 6.54 Å². The summed E-state index contributed by atoms with van der Waals surface area (Å²) >= 11 is 7.27. The van der Waals surface area contributed by atoms with Gasteiger partial charge in [-0.3, -0.25) is 4.79 Å². The average Bonchev–Trinajstić information content (AvgIpc) is 2.95. The van der Waals surface area contributed by atoms with Crippen molar-refractivity contribution in [1.29, 1.82) is 0 Å². The number of thiazole rings is 1. The van der Waals surface area contributed by atoms with Gasteiger partial charge < -0.3 is 10.6 Å². The second-order valence-electron chi connectivity index (χ2n) is 4.40. The number of nitrogens with one attached hydrogen (secondary N) is 2. The number of aromatic nitrogens is 1. The Hall–Kier alpha value is -1.59. The summed E-state index contributed by atoms with van der Waals surface area (Å²) in [6.07, 6.45) is 1.77. The fourth-order valence-corrected chi connectivity index (χ4v) is 3.13. The Labute approximate surface area is 119 Å². The van der Waals surface area contributed by atoms with E-state index >= 15 is 0 Å². The molecule has 2 N–H and O–H groups in total. The molecule has 0 atom stereocenters. The summed E-state index contributed by atoms with van der Waals surface area (Å²) in [5, 5.41) is 6.23. The van der Waals surface area contributed by atoms with Gasteiger partial charge in [0, 0.05) is 34.4 Å². The topological polar surface area (TPSA) is 54.0 Å².